The zero-order valence-corrected chi connectivity index (χ0v) is 20.1. The van der Waals surface area contributed by atoms with Crippen LogP contribution in [-0.4, -0.2) is 49.6 Å². The summed E-state index contributed by atoms with van der Waals surface area (Å²) in [7, 11) is 0. The summed E-state index contributed by atoms with van der Waals surface area (Å²) >= 11 is 0. The molecule has 1 amide bonds. The van der Waals surface area contributed by atoms with Crippen LogP contribution in [0.5, 0.6) is 0 Å². The zero-order chi connectivity index (χ0) is 24.8. The molecule has 7 nitrogen and oxygen atoms in total. The highest BCUT2D eigenvalue weighted by atomic mass is 19.1. The third kappa shape index (κ3) is 4.34. The summed E-state index contributed by atoms with van der Waals surface area (Å²) in [6.07, 6.45) is 5.25. The normalized spacial score (nSPS) is 20.5. The smallest absolute Gasteiger partial charge is 0.410 e. The van der Waals surface area contributed by atoms with Crippen LogP contribution < -0.4 is 0 Å². The number of aliphatic hydroxyl groups is 1. The number of amides is 1. The largest absolute Gasteiger partial charge is 0.444 e. The van der Waals surface area contributed by atoms with E-state index < -0.39 is 23.2 Å². The number of carbonyl (C=O) groups is 1. The van der Waals surface area contributed by atoms with Crippen molar-refractivity contribution >= 4 is 12.2 Å². The lowest BCUT2D eigenvalue weighted by Gasteiger charge is -2.48. The van der Waals surface area contributed by atoms with Crippen molar-refractivity contribution in [3.63, 3.8) is 0 Å². The van der Waals surface area contributed by atoms with Crippen molar-refractivity contribution in [1.82, 2.24) is 19.7 Å². The number of pyridine rings is 1. The first-order valence-corrected chi connectivity index (χ1v) is 11.8. The van der Waals surface area contributed by atoms with Crippen LogP contribution in [0.25, 0.3) is 11.8 Å². The van der Waals surface area contributed by atoms with Gasteiger partial charge in [-0.1, -0.05) is 11.6 Å². The Morgan fingerprint density at radius 1 is 1.20 bits per heavy atom. The van der Waals surface area contributed by atoms with Gasteiger partial charge in [0.15, 0.2) is 0 Å². The third-order valence-electron chi connectivity index (χ3n) is 6.68. The average Bonchev–Trinajstić information content (AvgIpc) is 3.24. The summed E-state index contributed by atoms with van der Waals surface area (Å²) in [6, 6.07) is 11.7. The van der Waals surface area contributed by atoms with Crippen LogP contribution >= 0.6 is 0 Å². The number of carbonyl (C=O) groups excluding carboxylic acids is 1. The number of hydrogen-bond donors (Lipinski definition) is 1. The van der Waals surface area contributed by atoms with Gasteiger partial charge in [-0.05, 0) is 81.7 Å². The summed E-state index contributed by atoms with van der Waals surface area (Å²) in [4.78, 5) is 19.1. The molecule has 0 saturated carbocycles. The minimum Gasteiger partial charge on any atom is -0.444 e. The van der Waals surface area contributed by atoms with Crippen LogP contribution in [0.15, 0.2) is 60.4 Å². The van der Waals surface area contributed by atoms with Gasteiger partial charge in [0, 0.05) is 24.7 Å². The van der Waals surface area contributed by atoms with Gasteiger partial charge >= 0.3 is 6.09 Å². The number of piperidine rings is 1. The molecule has 0 radical (unpaired) electrons. The van der Waals surface area contributed by atoms with E-state index in [1.165, 1.54) is 12.1 Å². The monoisotopic (exact) mass is 476 g/mol. The quantitative estimate of drug-likeness (QED) is 0.592. The molecule has 3 aromatic rings. The fourth-order valence-electron chi connectivity index (χ4n) is 5.05. The molecule has 1 aliphatic carbocycles. The van der Waals surface area contributed by atoms with Gasteiger partial charge in [0.1, 0.15) is 17.5 Å². The van der Waals surface area contributed by atoms with Crippen LogP contribution in [-0.2, 0) is 11.2 Å². The number of aromatic nitrogens is 3. The summed E-state index contributed by atoms with van der Waals surface area (Å²) in [5, 5.41) is 16.3. The number of halogens is 1. The van der Waals surface area contributed by atoms with E-state index in [1.54, 1.807) is 40.2 Å². The molecule has 0 bridgehead atoms. The maximum absolute atomic E-state index is 13.5. The van der Waals surface area contributed by atoms with Crippen molar-refractivity contribution in [3.8, 4) is 5.69 Å². The van der Waals surface area contributed by atoms with Crippen molar-refractivity contribution in [1.29, 1.82) is 0 Å². The van der Waals surface area contributed by atoms with Gasteiger partial charge in [0.2, 0.25) is 0 Å². The van der Waals surface area contributed by atoms with Crippen LogP contribution in [0.1, 0.15) is 50.2 Å². The molecule has 3 heterocycles. The van der Waals surface area contributed by atoms with Gasteiger partial charge < -0.3 is 14.7 Å². The lowest BCUT2D eigenvalue weighted by Crippen LogP contribution is -2.53. The van der Waals surface area contributed by atoms with Crippen molar-refractivity contribution in [2.24, 2.45) is 5.41 Å². The van der Waals surface area contributed by atoms with Gasteiger partial charge in [-0.25, -0.2) is 13.9 Å². The predicted octanol–water partition coefficient (Wildman–Crippen LogP) is 4.71. The Bertz CT molecular complexity index is 1260. The van der Waals surface area contributed by atoms with E-state index >= 15 is 0 Å². The Balaban J connectivity index is 1.56. The first kappa shape index (κ1) is 23.2. The second-order valence-electron chi connectivity index (χ2n) is 10.3. The Labute approximate surface area is 203 Å². The van der Waals surface area contributed by atoms with Crippen molar-refractivity contribution in [3.05, 3.63) is 83.2 Å². The van der Waals surface area contributed by atoms with E-state index in [1.807, 2.05) is 32.9 Å². The molecule has 1 aromatic carbocycles. The molecule has 1 N–H and O–H groups in total. The van der Waals surface area contributed by atoms with Crippen LogP contribution in [0, 0.1) is 11.2 Å². The van der Waals surface area contributed by atoms with E-state index in [-0.39, 0.29) is 5.82 Å². The number of likely N-dealkylation sites (tertiary alicyclic amines) is 1. The van der Waals surface area contributed by atoms with Gasteiger partial charge in [-0.15, -0.1) is 0 Å². The maximum Gasteiger partial charge on any atom is 0.410 e. The van der Waals surface area contributed by atoms with E-state index in [4.69, 9.17) is 4.74 Å². The fraction of sp³-hybridized carbons (Fsp3) is 0.370. The molecule has 1 saturated heterocycles. The summed E-state index contributed by atoms with van der Waals surface area (Å²) in [5.41, 5.74) is 2.81. The second-order valence-corrected chi connectivity index (χ2v) is 10.3. The molecule has 2 aromatic heterocycles. The lowest BCUT2D eigenvalue weighted by molar-refractivity contribution is -0.0196. The van der Waals surface area contributed by atoms with Crippen LogP contribution in [0.3, 0.4) is 0 Å². The fourth-order valence-corrected chi connectivity index (χ4v) is 5.05. The number of fused-ring (bicyclic) bond motifs is 2. The minimum atomic E-state index is -0.928. The second kappa shape index (κ2) is 8.61. The number of ether oxygens (including phenoxy) is 1. The predicted molar refractivity (Wildman–Crippen MR) is 129 cm³/mol. The molecule has 2 aliphatic rings. The zero-order valence-electron chi connectivity index (χ0n) is 20.1. The molecule has 5 rings (SSSR count). The molecule has 8 heteroatoms. The topological polar surface area (TPSA) is 80.5 Å². The van der Waals surface area contributed by atoms with Gasteiger partial charge in [-0.2, -0.15) is 5.10 Å². The number of rotatable bonds is 3. The molecule has 1 fully saturated rings. The highest BCUT2D eigenvalue weighted by Crippen LogP contribution is 2.51. The molecular weight excluding hydrogens is 447 g/mol. The van der Waals surface area contributed by atoms with E-state index in [2.05, 4.69) is 16.2 Å². The van der Waals surface area contributed by atoms with Crippen molar-refractivity contribution in [2.75, 3.05) is 13.1 Å². The van der Waals surface area contributed by atoms with Gasteiger partial charge in [-0.3, -0.25) is 4.98 Å². The number of benzene rings is 1. The Morgan fingerprint density at radius 3 is 2.66 bits per heavy atom. The van der Waals surface area contributed by atoms with Gasteiger partial charge in [0.05, 0.1) is 23.3 Å². The Morgan fingerprint density at radius 2 is 1.97 bits per heavy atom. The van der Waals surface area contributed by atoms with Crippen LogP contribution in [0.2, 0.25) is 0 Å². The lowest BCUT2D eigenvalue weighted by atomic mass is 9.64. The number of hydrogen-bond acceptors (Lipinski definition) is 5. The highest BCUT2D eigenvalue weighted by molar-refractivity contribution is 5.70. The number of aliphatic hydroxyl groups excluding tert-OH is 1. The minimum absolute atomic E-state index is 0.298. The SMILES string of the molecule is CC(C)(C)OC(=O)N1CCC2=Cc3c(cnn3-c3ccc(F)cc3)C[C@@]2(C(O)c2ccccn2)C1. The molecule has 1 unspecified atom stereocenters. The highest BCUT2D eigenvalue weighted by Gasteiger charge is 2.50. The maximum atomic E-state index is 13.5. The first-order chi connectivity index (χ1) is 16.7. The first-order valence-electron chi connectivity index (χ1n) is 11.8. The summed E-state index contributed by atoms with van der Waals surface area (Å²) in [5.74, 6) is -0.305. The van der Waals surface area contributed by atoms with Crippen molar-refractivity contribution < 1.29 is 19.0 Å². The number of nitrogens with zero attached hydrogens (tertiary/aromatic N) is 4. The van der Waals surface area contributed by atoms with Crippen LogP contribution in [0.4, 0.5) is 9.18 Å². The Hall–Kier alpha value is -3.52. The molecule has 2 atom stereocenters. The molecule has 0 spiro atoms. The summed E-state index contributed by atoms with van der Waals surface area (Å²) < 4.78 is 20.9. The van der Waals surface area contributed by atoms with E-state index in [9.17, 15) is 14.3 Å². The van der Waals surface area contributed by atoms with E-state index in [0.717, 1.165) is 22.5 Å². The molecule has 182 valence electrons. The van der Waals surface area contributed by atoms with Crippen molar-refractivity contribution in [2.45, 2.75) is 45.3 Å². The molecule has 1 aliphatic heterocycles. The Kier molecular flexibility index (Phi) is 5.71. The standard InChI is InChI=1S/C27H29FN4O3/c1-26(2,3)35-25(34)31-13-11-19-14-23-18(16-30-32(23)21-9-7-20(28)8-10-21)15-27(19,17-31)24(33)22-6-4-5-12-29-22/h4-10,12,14,16,24,33H,11,13,15,17H2,1-3H3/t24?,27-/m1/s1. The molecule has 35 heavy (non-hydrogen) atoms. The van der Waals surface area contributed by atoms with E-state index in [0.29, 0.717) is 31.6 Å². The van der Waals surface area contributed by atoms with Gasteiger partial charge in [0.25, 0.3) is 0 Å². The summed E-state index contributed by atoms with van der Waals surface area (Å²) in [6.45, 7) is 6.31. The average molecular weight is 477 g/mol. The third-order valence-corrected chi connectivity index (χ3v) is 6.68. The molecular formula is C27H29FN4O3.